The third kappa shape index (κ3) is 3.21. The maximum atomic E-state index is 5.88. The van der Waals surface area contributed by atoms with E-state index in [0.717, 1.165) is 17.3 Å². The van der Waals surface area contributed by atoms with Gasteiger partial charge < -0.3 is 4.74 Å². The van der Waals surface area contributed by atoms with E-state index >= 15 is 0 Å². The Kier molecular flexibility index (Phi) is 4.78. The number of methoxy groups -OCH3 is 1. The Morgan fingerprint density at radius 3 is 3.00 bits per heavy atom. The van der Waals surface area contributed by atoms with Crippen LogP contribution in [-0.4, -0.2) is 17.4 Å². The molecular formula is C10H9BrClNO. The molecule has 0 aliphatic rings. The van der Waals surface area contributed by atoms with Gasteiger partial charge in [0.2, 0.25) is 5.88 Å². The average Bonchev–Trinajstić information content (AvgIpc) is 2.18. The normalized spacial score (nSPS) is 9.07. The molecule has 0 aromatic carbocycles. The topological polar surface area (TPSA) is 22.1 Å². The van der Waals surface area contributed by atoms with Crippen LogP contribution in [0.25, 0.3) is 0 Å². The van der Waals surface area contributed by atoms with Crippen molar-refractivity contribution in [3.8, 4) is 17.7 Å². The highest BCUT2D eigenvalue weighted by atomic mass is 79.9. The summed E-state index contributed by atoms with van der Waals surface area (Å²) in [6.07, 6.45) is 2.45. The predicted molar refractivity (Wildman–Crippen MR) is 61.1 cm³/mol. The van der Waals surface area contributed by atoms with Crippen LogP contribution in [0.15, 0.2) is 12.3 Å². The third-order valence-electron chi connectivity index (χ3n) is 1.45. The van der Waals surface area contributed by atoms with Crippen molar-refractivity contribution in [2.24, 2.45) is 0 Å². The lowest BCUT2D eigenvalue weighted by atomic mass is 10.3. The zero-order valence-corrected chi connectivity index (χ0v) is 10.0. The fourth-order valence-electron chi connectivity index (χ4n) is 0.856. The van der Waals surface area contributed by atoms with E-state index in [1.165, 1.54) is 7.11 Å². The van der Waals surface area contributed by atoms with E-state index in [-0.39, 0.29) is 0 Å². The van der Waals surface area contributed by atoms with Crippen molar-refractivity contribution in [3.05, 3.63) is 22.8 Å². The average molecular weight is 275 g/mol. The number of ether oxygens (including phenoxy) is 1. The van der Waals surface area contributed by atoms with Crippen LogP contribution in [-0.2, 0) is 0 Å². The van der Waals surface area contributed by atoms with Gasteiger partial charge in [-0.15, -0.1) is 0 Å². The Hall–Kier alpha value is -0.720. The summed E-state index contributed by atoms with van der Waals surface area (Å²) < 4.78 is 4.93. The number of alkyl halides is 1. The molecule has 0 atom stereocenters. The molecule has 4 heteroatoms. The van der Waals surface area contributed by atoms with Crippen LogP contribution in [0.3, 0.4) is 0 Å². The van der Waals surface area contributed by atoms with Gasteiger partial charge in [0.1, 0.15) is 5.02 Å². The molecule has 0 saturated heterocycles. The minimum atomic E-state index is 0.428. The molecule has 1 aromatic heterocycles. The second-order valence-corrected chi connectivity index (χ2v) is 3.66. The van der Waals surface area contributed by atoms with Crippen molar-refractivity contribution in [1.82, 2.24) is 4.98 Å². The number of rotatable bonds is 2. The molecule has 0 aliphatic heterocycles. The van der Waals surface area contributed by atoms with E-state index in [1.807, 2.05) is 0 Å². The minimum Gasteiger partial charge on any atom is -0.480 e. The van der Waals surface area contributed by atoms with E-state index in [4.69, 9.17) is 16.3 Å². The highest BCUT2D eigenvalue weighted by Gasteiger charge is 2.00. The monoisotopic (exact) mass is 273 g/mol. The molecular weight excluding hydrogens is 265 g/mol. The van der Waals surface area contributed by atoms with Gasteiger partial charge in [-0.05, 0) is 6.07 Å². The van der Waals surface area contributed by atoms with Crippen LogP contribution in [0.5, 0.6) is 5.88 Å². The second kappa shape index (κ2) is 5.90. The standard InChI is InChI=1S/C10H9BrClNO/c1-14-10-9(12)6-8(7-13-10)4-2-3-5-11/h6-7H,3,5H2,1H3. The van der Waals surface area contributed by atoms with Crippen molar-refractivity contribution in [1.29, 1.82) is 0 Å². The summed E-state index contributed by atoms with van der Waals surface area (Å²) in [5, 5.41) is 1.36. The highest BCUT2D eigenvalue weighted by molar-refractivity contribution is 9.09. The van der Waals surface area contributed by atoms with Gasteiger partial charge in [-0.1, -0.05) is 39.4 Å². The summed E-state index contributed by atoms with van der Waals surface area (Å²) in [6.45, 7) is 0. The van der Waals surface area contributed by atoms with Crippen molar-refractivity contribution in [3.63, 3.8) is 0 Å². The van der Waals surface area contributed by atoms with Crippen LogP contribution in [0.1, 0.15) is 12.0 Å². The summed E-state index contributed by atoms with van der Waals surface area (Å²) in [4.78, 5) is 4.01. The molecule has 0 aliphatic carbocycles. The SMILES string of the molecule is COc1ncc(C#CCCBr)cc1Cl. The molecule has 0 spiro atoms. The molecule has 0 bridgehead atoms. The number of halogens is 2. The molecule has 0 fully saturated rings. The molecule has 14 heavy (non-hydrogen) atoms. The Labute approximate surface area is 96.8 Å². The first kappa shape index (κ1) is 11.4. The Morgan fingerprint density at radius 2 is 2.43 bits per heavy atom. The first-order valence-corrected chi connectivity index (χ1v) is 5.52. The number of aromatic nitrogens is 1. The van der Waals surface area contributed by atoms with E-state index < -0.39 is 0 Å². The first-order chi connectivity index (χ1) is 6.77. The predicted octanol–water partition coefficient (Wildman–Crippen LogP) is 2.88. The Balaban J connectivity index is 2.82. The van der Waals surface area contributed by atoms with Gasteiger partial charge in [0.15, 0.2) is 0 Å². The van der Waals surface area contributed by atoms with Gasteiger partial charge in [0, 0.05) is 23.5 Å². The molecule has 0 radical (unpaired) electrons. The number of pyridine rings is 1. The molecule has 1 rings (SSSR count). The Bertz CT molecular complexity index is 370. The summed E-state index contributed by atoms with van der Waals surface area (Å²) in [7, 11) is 1.53. The Morgan fingerprint density at radius 1 is 1.64 bits per heavy atom. The van der Waals surface area contributed by atoms with E-state index in [2.05, 4.69) is 32.8 Å². The lowest BCUT2D eigenvalue weighted by Gasteiger charge is -2.00. The quantitative estimate of drug-likeness (QED) is 0.611. The fourth-order valence-corrected chi connectivity index (χ4v) is 1.30. The summed E-state index contributed by atoms with van der Waals surface area (Å²) >= 11 is 9.17. The number of hydrogen-bond donors (Lipinski definition) is 0. The first-order valence-electron chi connectivity index (χ1n) is 4.02. The van der Waals surface area contributed by atoms with Gasteiger partial charge in [-0.3, -0.25) is 0 Å². The molecule has 0 unspecified atom stereocenters. The lowest BCUT2D eigenvalue weighted by molar-refractivity contribution is 0.398. The largest absolute Gasteiger partial charge is 0.480 e. The summed E-state index contributed by atoms with van der Waals surface area (Å²) in [6, 6.07) is 1.74. The van der Waals surface area contributed by atoms with Crippen LogP contribution in [0, 0.1) is 11.8 Å². The number of nitrogens with zero attached hydrogens (tertiary/aromatic N) is 1. The maximum absolute atomic E-state index is 5.88. The molecule has 0 N–H and O–H groups in total. The van der Waals surface area contributed by atoms with Gasteiger partial charge in [0.25, 0.3) is 0 Å². The van der Waals surface area contributed by atoms with Crippen molar-refractivity contribution in [2.75, 3.05) is 12.4 Å². The molecule has 2 nitrogen and oxygen atoms in total. The van der Waals surface area contributed by atoms with Gasteiger partial charge in [-0.2, -0.15) is 0 Å². The lowest BCUT2D eigenvalue weighted by Crippen LogP contribution is -1.89. The highest BCUT2D eigenvalue weighted by Crippen LogP contribution is 2.21. The smallest absolute Gasteiger partial charge is 0.232 e. The van der Waals surface area contributed by atoms with E-state index in [1.54, 1.807) is 12.3 Å². The van der Waals surface area contributed by atoms with Crippen molar-refractivity contribution >= 4 is 27.5 Å². The van der Waals surface area contributed by atoms with Crippen LogP contribution < -0.4 is 4.74 Å². The summed E-state index contributed by atoms with van der Waals surface area (Å²) in [5.74, 6) is 6.36. The molecule has 0 saturated carbocycles. The fraction of sp³-hybridized carbons (Fsp3) is 0.300. The molecule has 74 valence electrons. The van der Waals surface area contributed by atoms with Crippen molar-refractivity contribution in [2.45, 2.75) is 6.42 Å². The number of hydrogen-bond acceptors (Lipinski definition) is 2. The van der Waals surface area contributed by atoms with E-state index in [0.29, 0.717) is 10.9 Å². The van der Waals surface area contributed by atoms with Gasteiger partial charge in [-0.25, -0.2) is 4.98 Å². The minimum absolute atomic E-state index is 0.428. The molecule has 0 amide bonds. The molecule has 1 aromatic rings. The zero-order chi connectivity index (χ0) is 10.4. The van der Waals surface area contributed by atoms with E-state index in [9.17, 15) is 0 Å². The van der Waals surface area contributed by atoms with Crippen LogP contribution >= 0.6 is 27.5 Å². The third-order valence-corrected chi connectivity index (χ3v) is 2.12. The van der Waals surface area contributed by atoms with Gasteiger partial charge >= 0.3 is 0 Å². The maximum Gasteiger partial charge on any atom is 0.232 e. The van der Waals surface area contributed by atoms with Crippen LogP contribution in [0.2, 0.25) is 5.02 Å². The van der Waals surface area contributed by atoms with Gasteiger partial charge in [0.05, 0.1) is 7.11 Å². The van der Waals surface area contributed by atoms with Crippen LogP contribution in [0.4, 0.5) is 0 Å². The summed E-state index contributed by atoms with van der Waals surface area (Å²) in [5.41, 5.74) is 0.803. The zero-order valence-electron chi connectivity index (χ0n) is 7.68. The second-order valence-electron chi connectivity index (χ2n) is 2.46. The van der Waals surface area contributed by atoms with Crippen molar-refractivity contribution < 1.29 is 4.74 Å². The molecule has 1 heterocycles.